The van der Waals surface area contributed by atoms with Gasteiger partial charge in [-0.2, -0.15) is 0 Å². The van der Waals surface area contributed by atoms with E-state index < -0.39 is 4.92 Å². The maximum Gasteiger partial charge on any atom is 0.311 e. The van der Waals surface area contributed by atoms with Crippen LogP contribution in [0.4, 0.5) is 11.4 Å². The summed E-state index contributed by atoms with van der Waals surface area (Å²) < 4.78 is 4.98. The van der Waals surface area contributed by atoms with Gasteiger partial charge in [0.15, 0.2) is 5.75 Å². The summed E-state index contributed by atoms with van der Waals surface area (Å²) in [7, 11) is 1.41. The average molecular weight is 307 g/mol. The number of benzene rings is 2. The monoisotopic (exact) mass is 306 g/mol. The molecule has 6 heteroatoms. The van der Waals surface area contributed by atoms with Gasteiger partial charge in [0.05, 0.1) is 12.0 Å². The lowest BCUT2D eigenvalue weighted by Crippen LogP contribution is -2.02. The Morgan fingerprint density at radius 1 is 1.33 bits per heavy atom. The van der Waals surface area contributed by atoms with Crippen LogP contribution >= 0.6 is 11.6 Å². The van der Waals surface area contributed by atoms with E-state index in [1.807, 2.05) is 25.1 Å². The molecule has 0 saturated carbocycles. The number of anilines is 1. The highest BCUT2D eigenvalue weighted by Crippen LogP contribution is 2.28. The Bertz CT molecular complexity index is 674. The third-order valence-corrected chi connectivity index (χ3v) is 3.60. The maximum absolute atomic E-state index is 11.0. The van der Waals surface area contributed by atoms with Crippen LogP contribution in [0.5, 0.6) is 5.75 Å². The fourth-order valence-corrected chi connectivity index (χ4v) is 2.16. The zero-order chi connectivity index (χ0) is 15.4. The summed E-state index contributed by atoms with van der Waals surface area (Å²) in [6.07, 6.45) is 0. The molecule has 0 aliphatic carbocycles. The molecule has 0 amide bonds. The molecule has 2 aromatic carbocycles. The van der Waals surface area contributed by atoms with Gasteiger partial charge in [0.25, 0.3) is 0 Å². The summed E-state index contributed by atoms with van der Waals surface area (Å²) >= 11 is 6.06. The molecule has 0 unspecified atom stereocenters. The second-order valence-electron chi connectivity index (χ2n) is 4.53. The highest BCUT2D eigenvalue weighted by molar-refractivity contribution is 6.31. The van der Waals surface area contributed by atoms with Crippen molar-refractivity contribution in [1.29, 1.82) is 0 Å². The number of nitrogens with zero attached hydrogens (tertiary/aromatic N) is 1. The SMILES string of the molecule is COc1ccc(CNc2cccc(Cl)c2C)cc1[N+](=O)[O-]. The topological polar surface area (TPSA) is 64.4 Å². The van der Waals surface area contributed by atoms with E-state index in [-0.39, 0.29) is 11.4 Å². The minimum absolute atomic E-state index is 0.0420. The van der Waals surface area contributed by atoms with Crippen molar-refractivity contribution in [1.82, 2.24) is 0 Å². The number of methoxy groups -OCH3 is 1. The minimum Gasteiger partial charge on any atom is -0.490 e. The second kappa shape index (κ2) is 6.45. The van der Waals surface area contributed by atoms with Crippen LogP contribution in [0.15, 0.2) is 36.4 Å². The van der Waals surface area contributed by atoms with Crippen LogP contribution in [0.25, 0.3) is 0 Å². The van der Waals surface area contributed by atoms with Crippen molar-refractivity contribution in [2.45, 2.75) is 13.5 Å². The van der Waals surface area contributed by atoms with E-state index in [0.29, 0.717) is 11.6 Å². The molecule has 0 fully saturated rings. The highest BCUT2D eigenvalue weighted by Gasteiger charge is 2.15. The van der Waals surface area contributed by atoms with Crippen LogP contribution in [0.3, 0.4) is 0 Å². The van der Waals surface area contributed by atoms with E-state index >= 15 is 0 Å². The number of nitrogens with one attached hydrogen (secondary N) is 1. The maximum atomic E-state index is 11.0. The number of hydrogen-bond acceptors (Lipinski definition) is 4. The summed E-state index contributed by atoms with van der Waals surface area (Å²) in [5, 5.41) is 14.9. The van der Waals surface area contributed by atoms with Gasteiger partial charge in [-0.3, -0.25) is 10.1 Å². The fourth-order valence-electron chi connectivity index (χ4n) is 1.98. The van der Waals surface area contributed by atoms with Crippen molar-refractivity contribution in [2.24, 2.45) is 0 Å². The molecule has 0 saturated heterocycles. The largest absolute Gasteiger partial charge is 0.490 e. The molecule has 0 bridgehead atoms. The number of ether oxygens (including phenoxy) is 1. The Labute approximate surface area is 127 Å². The van der Waals surface area contributed by atoms with Crippen molar-refractivity contribution in [3.63, 3.8) is 0 Å². The van der Waals surface area contributed by atoms with Gasteiger partial charge in [-0.25, -0.2) is 0 Å². The van der Waals surface area contributed by atoms with Crippen molar-refractivity contribution in [3.05, 3.63) is 62.7 Å². The van der Waals surface area contributed by atoms with Gasteiger partial charge in [-0.15, -0.1) is 0 Å². The molecule has 1 N–H and O–H groups in total. The summed E-state index contributed by atoms with van der Waals surface area (Å²) in [6, 6.07) is 10.5. The Morgan fingerprint density at radius 3 is 2.76 bits per heavy atom. The molecule has 0 spiro atoms. The molecule has 0 atom stereocenters. The van der Waals surface area contributed by atoms with Gasteiger partial charge in [0.1, 0.15) is 0 Å². The Morgan fingerprint density at radius 2 is 2.10 bits per heavy atom. The molecule has 110 valence electrons. The first-order valence-electron chi connectivity index (χ1n) is 6.33. The van der Waals surface area contributed by atoms with Crippen LogP contribution in [0, 0.1) is 17.0 Å². The number of halogens is 1. The molecule has 2 aromatic rings. The molecule has 0 aliphatic rings. The van der Waals surface area contributed by atoms with Gasteiger partial charge in [0.2, 0.25) is 0 Å². The number of nitro groups is 1. The Kier molecular flexibility index (Phi) is 4.65. The predicted molar refractivity (Wildman–Crippen MR) is 83.2 cm³/mol. The van der Waals surface area contributed by atoms with Gasteiger partial charge in [0, 0.05) is 23.3 Å². The summed E-state index contributed by atoms with van der Waals surface area (Å²) in [6.45, 7) is 2.38. The summed E-state index contributed by atoms with van der Waals surface area (Å²) in [5.41, 5.74) is 2.60. The standard InChI is InChI=1S/C15H15ClN2O3/c1-10-12(16)4-3-5-13(10)17-9-11-6-7-15(21-2)14(8-11)18(19)20/h3-8,17H,9H2,1-2H3. The van der Waals surface area contributed by atoms with E-state index in [1.54, 1.807) is 12.1 Å². The summed E-state index contributed by atoms with van der Waals surface area (Å²) in [4.78, 5) is 10.5. The van der Waals surface area contributed by atoms with E-state index in [4.69, 9.17) is 16.3 Å². The molecule has 0 heterocycles. The molecule has 0 aliphatic heterocycles. The van der Waals surface area contributed by atoms with Crippen molar-refractivity contribution in [2.75, 3.05) is 12.4 Å². The Balaban J connectivity index is 2.19. The van der Waals surface area contributed by atoms with Gasteiger partial charge < -0.3 is 10.1 Å². The lowest BCUT2D eigenvalue weighted by atomic mass is 10.1. The van der Waals surface area contributed by atoms with Gasteiger partial charge >= 0.3 is 5.69 Å². The third kappa shape index (κ3) is 3.44. The summed E-state index contributed by atoms with van der Waals surface area (Å²) in [5.74, 6) is 0.252. The van der Waals surface area contributed by atoms with Crippen LogP contribution in [-0.4, -0.2) is 12.0 Å². The molecular formula is C15H15ClN2O3. The zero-order valence-corrected chi connectivity index (χ0v) is 12.5. The molecule has 21 heavy (non-hydrogen) atoms. The van der Waals surface area contributed by atoms with E-state index in [0.717, 1.165) is 16.8 Å². The van der Waals surface area contributed by atoms with Crippen molar-refractivity contribution >= 4 is 23.0 Å². The first-order chi connectivity index (χ1) is 10.0. The van der Waals surface area contributed by atoms with Gasteiger partial charge in [-0.1, -0.05) is 23.7 Å². The molecule has 0 aromatic heterocycles. The number of rotatable bonds is 5. The van der Waals surface area contributed by atoms with Crippen LogP contribution in [0.1, 0.15) is 11.1 Å². The lowest BCUT2D eigenvalue weighted by Gasteiger charge is -2.11. The van der Waals surface area contributed by atoms with E-state index in [2.05, 4.69) is 5.32 Å². The van der Waals surface area contributed by atoms with E-state index in [9.17, 15) is 10.1 Å². The van der Waals surface area contributed by atoms with Gasteiger partial charge in [-0.05, 0) is 36.2 Å². The third-order valence-electron chi connectivity index (χ3n) is 3.19. The normalized spacial score (nSPS) is 10.2. The Hall–Kier alpha value is -2.27. The molecule has 0 radical (unpaired) electrons. The number of nitro benzene ring substituents is 1. The molecule has 5 nitrogen and oxygen atoms in total. The first kappa shape index (κ1) is 15.1. The van der Waals surface area contributed by atoms with Crippen LogP contribution in [-0.2, 0) is 6.54 Å². The van der Waals surface area contributed by atoms with Crippen molar-refractivity contribution in [3.8, 4) is 5.75 Å². The molecular weight excluding hydrogens is 292 g/mol. The quantitative estimate of drug-likeness (QED) is 0.665. The molecule has 2 rings (SSSR count). The predicted octanol–water partition coefficient (Wildman–Crippen LogP) is 4.18. The van der Waals surface area contributed by atoms with Crippen LogP contribution in [0.2, 0.25) is 5.02 Å². The second-order valence-corrected chi connectivity index (χ2v) is 4.94. The lowest BCUT2D eigenvalue weighted by molar-refractivity contribution is -0.385. The smallest absolute Gasteiger partial charge is 0.311 e. The van der Waals surface area contributed by atoms with E-state index in [1.165, 1.54) is 13.2 Å². The fraction of sp³-hybridized carbons (Fsp3) is 0.200. The van der Waals surface area contributed by atoms with Crippen LogP contribution < -0.4 is 10.1 Å². The number of hydrogen-bond donors (Lipinski definition) is 1. The highest BCUT2D eigenvalue weighted by atomic mass is 35.5. The minimum atomic E-state index is -0.451. The first-order valence-corrected chi connectivity index (χ1v) is 6.71. The van der Waals surface area contributed by atoms with Crippen molar-refractivity contribution < 1.29 is 9.66 Å². The zero-order valence-electron chi connectivity index (χ0n) is 11.7. The average Bonchev–Trinajstić information content (AvgIpc) is 2.48.